The number of carbonyl (C=O) groups is 1. The quantitative estimate of drug-likeness (QED) is 0.529. The van der Waals surface area contributed by atoms with Crippen LogP contribution >= 0.6 is 0 Å². The van der Waals surface area contributed by atoms with Crippen molar-refractivity contribution in [2.24, 2.45) is 13.0 Å². The van der Waals surface area contributed by atoms with Crippen molar-refractivity contribution in [3.05, 3.63) is 41.6 Å². The maximum atomic E-state index is 11.3. The van der Waals surface area contributed by atoms with Crippen LogP contribution in [0, 0.1) is 12.8 Å². The summed E-state index contributed by atoms with van der Waals surface area (Å²) in [5.41, 5.74) is 2.76. The highest BCUT2D eigenvalue weighted by Crippen LogP contribution is 2.30. The maximum absolute atomic E-state index is 11.3. The highest BCUT2D eigenvalue weighted by atomic mass is 16.5. The van der Waals surface area contributed by atoms with Gasteiger partial charge in [-0.2, -0.15) is 4.98 Å². The molecule has 1 aliphatic rings. The second-order valence-corrected chi connectivity index (χ2v) is 8.93. The molecule has 1 N–H and O–H groups in total. The second-order valence-electron chi connectivity index (χ2n) is 8.93. The number of pyridine rings is 1. The van der Waals surface area contributed by atoms with Crippen LogP contribution < -0.4 is 9.47 Å². The van der Waals surface area contributed by atoms with Crippen LogP contribution in [0.2, 0.25) is 0 Å². The van der Waals surface area contributed by atoms with Crippen molar-refractivity contribution in [3.63, 3.8) is 0 Å². The van der Waals surface area contributed by atoms with Gasteiger partial charge in [-0.3, -0.25) is 4.79 Å². The first kappa shape index (κ1) is 23.6. The van der Waals surface area contributed by atoms with Crippen LogP contribution in [-0.2, 0) is 18.4 Å². The topological polar surface area (TPSA) is 125 Å². The zero-order chi connectivity index (χ0) is 24.2. The van der Waals surface area contributed by atoms with Crippen LogP contribution in [0.5, 0.6) is 11.6 Å². The molecular weight excluding hydrogens is 436 g/mol. The molecule has 3 heterocycles. The molecule has 0 aliphatic heterocycles. The summed E-state index contributed by atoms with van der Waals surface area (Å²) in [6, 6.07) is 5.43. The number of carboxylic acid groups (broad SMARTS) is 1. The van der Waals surface area contributed by atoms with Gasteiger partial charge in [0.15, 0.2) is 0 Å². The number of carboxylic acids is 1. The molecule has 1 saturated carbocycles. The number of hydrogen-bond donors (Lipinski definition) is 1. The molecule has 2 atom stereocenters. The van der Waals surface area contributed by atoms with Gasteiger partial charge in [0.25, 0.3) is 0 Å². The fourth-order valence-corrected chi connectivity index (χ4v) is 4.06. The number of aryl methyl sites for hydroxylation is 2. The van der Waals surface area contributed by atoms with E-state index in [1.807, 2.05) is 32.9 Å². The molecule has 0 radical (unpaired) electrons. The van der Waals surface area contributed by atoms with Crippen molar-refractivity contribution in [2.45, 2.75) is 65.1 Å². The van der Waals surface area contributed by atoms with E-state index in [2.05, 4.69) is 20.3 Å². The molecule has 0 aromatic carbocycles. The fourth-order valence-electron chi connectivity index (χ4n) is 4.06. The van der Waals surface area contributed by atoms with Gasteiger partial charge in [0.05, 0.1) is 23.4 Å². The first-order chi connectivity index (χ1) is 16.3. The summed E-state index contributed by atoms with van der Waals surface area (Å²) in [4.78, 5) is 24.8. The lowest BCUT2D eigenvalue weighted by Gasteiger charge is -2.27. The average Bonchev–Trinajstić information content (AvgIpc) is 3.19. The SMILES string of the molecule is Cc1nc(-c2nnn(C)c2COc2ccnc(C(C)C)n2)ccc1O[C@H]1CCC[C@H](C(=O)O)C1. The van der Waals surface area contributed by atoms with Gasteiger partial charge in [0.1, 0.15) is 29.6 Å². The number of ether oxygens (including phenoxy) is 2. The van der Waals surface area contributed by atoms with Crippen molar-refractivity contribution >= 4 is 5.97 Å². The third-order valence-corrected chi connectivity index (χ3v) is 6.01. The Hall–Kier alpha value is -3.56. The Morgan fingerprint density at radius 1 is 1.24 bits per heavy atom. The molecule has 180 valence electrons. The number of nitrogens with zero attached hydrogens (tertiary/aromatic N) is 6. The van der Waals surface area contributed by atoms with Crippen LogP contribution in [-0.4, -0.2) is 47.1 Å². The molecule has 34 heavy (non-hydrogen) atoms. The third-order valence-electron chi connectivity index (χ3n) is 6.01. The lowest BCUT2D eigenvalue weighted by atomic mass is 9.87. The molecule has 3 aromatic heterocycles. The van der Waals surface area contributed by atoms with Crippen LogP contribution in [0.15, 0.2) is 24.4 Å². The van der Waals surface area contributed by atoms with E-state index in [-0.39, 0.29) is 24.5 Å². The van der Waals surface area contributed by atoms with Crippen LogP contribution in [0.3, 0.4) is 0 Å². The summed E-state index contributed by atoms with van der Waals surface area (Å²) in [6.07, 6.45) is 4.48. The minimum absolute atomic E-state index is 0.120. The summed E-state index contributed by atoms with van der Waals surface area (Å²) < 4.78 is 13.7. The Labute approximate surface area is 198 Å². The highest BCUT2D eigenvalue weighted by molar-refractivity contribution is 5.70. The predicted octanol–water partition coefficient (Wildman–Crippen LogP) is 3.70. The number of hydrogen-bond acceptors (Lipinski definition) is 8. The molecule has 0 saturated heterocycles. The molecule has 0 unspecified atom stereocenters. The van der Waals surface area contributed by atoms with Crippen molar-refractivity contribution in [3.8, 4) is 23.0 Å². The van der Waals surface area contributed by atoms with Crippen LogP contribution in [0.25, 0.3) is 11.4 Å². The van der Waals surface area contributed by atoms with E-state index in [0.717, 1.165) is 24.4 Å². The summed E-state index contributed by atoms with van der Waals surface area (Å²) >= 11 is 0. The monoisotopic (exact) mass is 466 g/mol. The molecule has 3 aromatic rings. The Morgan fingerprint density at radius 3 is 2.79 bits per heavy atom. The summed E-state index contributed by atoms with van der Waals surface area (Å²) in [6.45, 7) is 6.16. The van der Waals surface area contributed by atoms with Crippen LogP contribution in [0.1, 0.15) is 62.7 Å². The number of rotatable bonds is 8. The van der Waals surface area contributed by atoms with Crippen molar-refractivity contribution in [1.82, 2.24) is 29.9 Å². The zero-order valence-electron chi connectivity index (χ0n) is 19.9. The Bertz CT molecular complexity index is 1160. The van der Waals surface area contributed by atoms with Gasteiger partial charge in [0, 0.05) is 25.2 Å². The van der Waals surface area contributed by atoms with E-state index in [9.17, 15) is 9.90 Å². The molecule has 4 rings (SSSR count). The standard InChI is InChI=1S/C24H30N6O4/c1-14(2)23-25-11-10-21(27-23)33-13-19-22(28-29-30(19)4)18-8-9-20(15(3)26-18)34-17-7-5-6-16(12-17)24(31)32/h8-11,14,16-17H,5-7,12-13H2,1-4H3,(H,31,32)/t16-,17-/m0/s1. The largest absolute Gasteiger partial charge is 0.489 e. The number of aromatic nitrogens is 6. The fraction of sp³-hybridized carbons (Fsp3) is 0.500. The lowest BCUT2D eigenvalue weighted by molar-refractivity contribution is -0.143. The smallest absolute Gasteiger partial charge is 0.306 e. The maximum Gasteiger partial charge on any atom is 0.306 e. The van der Waals surface area contributed by atoms with E-state index in [1.54, 1.807) is 24.0 Å². The zero-order valence-corrected chi connectivity index (χ0v) is 19.9. The van der Waals surface area contributed by atoms with Crippen molar-refractivity contribution in [2.75, 3.05) is 0 Å². The first-order valence-electron chi connectivity index (χ1n) is 11.5. The van der Waals surface area contributed by atoms with Crippen molar-refractivity contribution in [1.29, 1.82) is 0 Å². The van der Waals surface area contributed by atoms with Gasteiger partial charge in [-0.25, -0.2) is 14.6 Å². The summed E-state index contributed by atoms with van der Waals surface area (Å²) in [5.74, 6) is 0.975. The Balaban J connectivity index is 1.48. The van der Waals surface area contributed by atoms with Crippen LogP contribution in [0.4, 0.5) is 0 Å². The molecule has 0 spiro atoms. The van der Waals surface area contributed by atoms with E-state index in [1.165, 1.54) is 0 Å². The van der Waals surface area contributed by atoms with Gasteiger partial charge in [-0.15, -0.1) is 5.10 Å². The van der Waals surface area contributed by atoms with E-state index >= 15 is 0 Å². The van der Waals surface area contributed by atoms with Gasteiger partial charge in [-0.1, -0.05) is 19.1 Å². The molecule has 1 fully saturated rings. The molecular formula is C24H30N6O4. The molecule has 10 heteroatoms. The average molecular weight is 467 g/mol. The van der Waals surface area contributed by atoms with E-state index in [0.29, 0.717) is 41.6 Å². The Kier molecular flexibility index (Phi) is 7.04. The minimum Gasteiger partial charge on any atom is -0.489 e. The molecule has 0 amide bonds. The molecule has 0 bridgehead atoms. The summed E-state index contributed by atoms with van der Waals surface area (Å²) in [7, 11) is 1.81. The minimum atomic E-state index is -0.752. The normalized spacial score (nSPS) is 18.1. The van der Waals surface area contributed by atoms with Gasteiger partial charge in [-0.05, 0) is 44.7 Å². The molecule has 1 aliphatic carbocycles. The Morgan fingerprint density at radius 2 is 2.06 bits per heavy atom. The summed E-state index contributed by atoms with van der Waals surface area (Å²) in [5, 5.41) is 17.8. The first-order valence-corrected chi connectivity index (χ1v) is 11.5. The predicted molar refractivity (Wildman–Crippen MR) is 123 cm³/mol. The van der Waals surface area contributed by atoms with E-state index in [4.69, 9.17) is 14.5 Å². The molecule has 10 nitrogen and oxygen atoms in total. The van der Waals surface area contributed by atoms with Gasteiger partial charge < -0.3 is 14.6 Å². The van der Waals surface area contributed by atoms with Crippen molar-refractivity contribution < 1.29 is 19.4 Å². The van der Waals surface area contributed by atoms with Gasteiger partial charge >= 0.3 is 5.97 Å². The van der Waals surface area contributed by atoms with Gasteiger partial charge in [0.2, 0.25) is 5.88 Å². The number of aliphatic carboxylic acids is 1. The highest BCUT2D eigenvalue weighted by Gasteiger charge is 2.28. The second kappa shape index (κ2) is 10.1. The lowest BCUT2D eigenvalue weighted by Crippen LogP contribution is -2.29. The van der Waals surface area contributed by atoms with E-state index < -0.39 is 5.97 Å². The third kappa shape index (κ3) is 5.32.